The van der Waals surface area contributed by atoms with Crippen molar-refractivity contribution in [2.24, 2.45) is 0 Å². The van der Waals surface area contributed by atoms with Crippen LogP contribution in [0.25, 0.3) is 16.7 Å². The summed E-state index contributed by atoms with van der Waals surface area (Å²) in [6, 6.07) is 13.9. The first-order chi connectivity index (χ1) is 17.0. The van der Waals surface area contributed by atoms with Crippen LogP contribution in [0, 0.1) is 19.7 Å². The van der Waals surface area contributed by atoms with E-state index in [2.05, 4.69) is 30.9 Å². The molecule has 0 N–H and O–H groups in total. The Morgan fingerprint density at radius 2 is 1.74 bits per heavy atom. The molecule has 0 bridgehead atoms. The second-order valence-electron chi connectivity index (χ2n) is 8.94. The summed E-state index contributed by atoms with van der Waals surface area (Å²) in [6.45, 7) is 8.75. The van der Waals surface area contributed by atoms with E-state index in [1.165, 1.54) is 12.1 Å². The fraction of sp³-hybridized carbons (Fsp3) is 0.333. The molecule has 0 aliphatic carbocycles. The zero-order valence-electron chi connectivity index (χ0n) is 20.3. The Labute approximate surface area is 204 Å². The van der Waals surface area contributed by atoms with Crippen LogP contribution in [0.4, 0.5) is 10.2 Å². The molecule has 1 aliphatic heterocycles. The number of nitrogens with zero attached hydrogens (tertiary/aromatic N) is 6. The van der Waals surface area contributed by atoms with Crippen LogP contribution in [-0.2, 0) is 6.42 Å². The van der Waals surface area contributed by atoms with Crippen LogP contribution in [0.1, 0.15) is 40.8 Å². The number of aryl methyl sites for hydroxylation is 3. The predicted octanol–water partition coefficient (Wildman–Crippen LogP) is 4.49. The van der Waals surface area contributed by atoms with Gasteiger partial charge in [0, 0.05) is 38.2 Å². The maximum Gasteiger partial charge on any atom is 0.253 e. The molecule has 35 heavy (non-hydrogen) atoms. The fourth-order valence-electron chi connectivity index (χ4n) is 4.67. The van der Waals surface area contributed by atoms with Gasteiger partial charge < -0.3 is 9.80 Å². The lowest BCUT2D eigenvalue weighted by Gasteiger charge is -2.24. The van der Waals surface area contributed by atoms with Gasteiger partial charge in [-0.2, -0.15) is 5.10 Å². The van der Waals surface area contributed by atoms with E-state index in [-0.39, 0.29) is 11.7 Å². The van der Waals surface area contributed by atoms with E-state index in [9.17, 15) is 9.18 Å². The highest BCUT2D eigenvalue weighted by Crippen LogP contribution is 2.30. The van der Waals surface area contributed by atoms with Crippen molar-refractivity contribution in [3.63, 3.8) is 0 Å². The van der Waals surface area contributed by atoms with Gasteiger partial charge in [-0.3, -0.25) is 4.79 Å². The van der Waals surface area contributed by atoms with Gasteiger partial charge in [-0.1, -0.05) is 25.1 Å². The average molecular weight is 473 g/mol. The molecule has 5 rings (SSSR count). The van der Waals surface area contributed by atoms with Crippen molar-refractivity contribution in [2.75, 3.05) is 31.1 Å². The molecule has 1 saturated heterocycles. The Morgan fingerprint density at radius 3 is 2.49 bits per heavy atom. The molecule has 2 aromatic heterocycles. The Hall–Kier alpha value is -3.81. The van der Waals surface area contributed by atoms with E-state index in [0.717, 1.165) is 52.6 Å². The molecule has 180 valence electrons. The second-order valence-corrected chi connectivity index (χ2v) is 8.94. The first-order valence-electron chi connectivity index (χ1n) is 12.1. The van der Waals surface area contributed by atoms with Gasteiger partial charge in [0.25, 0.3) is 5.91 Å². The van der Waals surface area contributed by atoms with Crippen molar-refractivity contribution >= 4 is 22.8 Å². The van der Waals surface area contributed by atoms with E-state index in [4.69, 9.17) is 15.1 Å². The molecule has 8 heteroatoms. The molecule has 2 aromatic carbocycles. The Kier molecular flexibility index (Phi) is 6.19. The third kappa shape index (κ3) is 4.36. The van der Waals surface area contributed by atoms with Gasteiger partial charge in [0.1, 0.15) is 17.5 Å². The largest absolute Gasteiger partial charge is 0.354 e. The van der Waals surface area contributed by atoms with E-state index in [1.54, 1.807) is 12.1 Å². The molecule has 0 spiro atoms. The normalized spacial score (nSPS) is 14.4. The summed E-state index contributed by atoms with van der Waals surface area (Å²) in [5, 5.41) is 5.81. The zero-order chi connectivity index (χ0) is 24.5. The van der Waals surface area contributed by atoms with Gasteiger partial charge in [0.05, 0.1) is 16.8 Å². The van der Waals surface area contributed by atoms with Crippen LogP contribution in [-0.4, -0.2) is 56.7 Å². The highest BCUT2D eigenvalue weighted by molar-refractivity contribution is 5.94. The highest BCUT2D eigenvalue weighted by Gasteiger charge is 2.25. The number of para-hydroxylation sites is 1. The first kappa shape index (κ1) is 23.0. The number of anilines is 1. The fourth-order valence-corrected chi connectivity index (χ4v) is 4.67. The Balaban J connectivity index is 1.49. The van der Waals surface area contributed by atoms with Crippen LogP contribution in [0.15, 0.2) is 48.5 Å². The maximum absolute atomic E-state index is 13.3. The number of carbonyl (C=O) groups excluding carboxylic acids is 1. The van der Waals surface area contributed by atoms with Crippen LogP contribution in [0.5, 0.6) is 0 Å². The summed E-state index contributed by atoms with van der Waals surface area (Å²) in [5.41, 5.74) is 4.32. The van der Waals surface area contributed by atoms with Gasteiger partial charge in [-0.15, -0.1) is 0 Å². The molecular formula is C27H29FN6O. The van der Waals surface area contributed by atoms with Crippen LogP contribution < -0.4 is 4.90 Å². The number of amides is 1. The zero-order valence-corrected chi connectivity index (χ0v) is 20.3. The van der Waals surface area contributed by atoms with E-state index in [0.29, 0.717) is 31.6 Å². The Morgan fingerprint density at radius 1 is 0.971 bits per heavy atom. The summed E-state index contributed by atoms with van der Waals surface area (Å²) in [5.74, 6) is 1.23. The van der Waals surface area contributed by atoms with Crippen molar-refractivity contribution < 1.29 is 9.18 Å². The topological polar surface area (TPSA) is 67.2 Å². The lowest BCUT2D eigenvalue weighted by molar-refractivity contribution is 0.0767. The third-order valence-electron chi connectivity index (χ3n) is 6.56. The van der Waals surface area contributed by atoms with Crippen LogP contribution >= 0.6 is 0 Å². The monoisotopic (exact) mass is 472 g/mol. The molecule has 3 heterocycles. The summed E-state index contributed by atoms with van der Waals surface area (Å²) in [4.78, 5) is 26.9. The summed E-state index contributed by atoms with van der Waals surface area (Å²) < 4.78 is 15.2. The standard InChI is InChI=1S/C27H29FN6O/c1-4-23-29-25(24-19(3)31-34(26(24)30-23)22-9-6-5-8-18(22)2)32-14-7-15-33(17-16-32)27(35)20-10-12-21(28)13-11-20/h5-6,8-13H,4,7,14-17H2,1-3H3. The minimum Gasteiger partial charge on any atom is -0.354 e. The highest BCUT2D eigenvalue weighted by atomic mass is 19.1. The molecule has 1 fully saturated rings. The van der Waals surface area contributed by atoms with Crippen molar-refractivity contribution in [2.45, 2.75) is 33.6 Å². The van der Waals surface area contributed by atoms with E-state index in [1.807, 2.05) is 28.6 Å². The van der Waals surface area contributed by atoms with E-state index >= 15 is 0 Å². The second kappa shape index (κ2) is 9.44. The lowest BCUT2D eigenvalue weighted by Crippen LogP contribution is -2.35. The van der Waals surface area contributed by atoms with Gasteiger partial charge in [-0.05, 0) is 56.2 Å². The van der Waals surface area contributed by atoms with Crippen LogP contribution in [0.2, 0.25) is 0 Å². The molecule has 0 radical (unpaired) electrons. The molecule has 0 atom stereocenters. The number of hydrogen-bond acceptors (Lipinski definition) is 5. The number of hydrogen-bond donors (Lipinski definition) is 0. The lowest BCUT2D eigenvalue weighted by atomic mass is 10.2. The number of carbonyl (C=O) groups is 1. The summed E-state index contributed by atoms with van der Waals surface area (Å²) >= 11 is 0. The molecule has 0 unspecified atom stereocenters. The van der Waals surface area contributed by atoms with Crippen molar-refractivity contribution in [3.05, 3.63) is 77.0 Å². The average Bonchev–Trinajstić information content (AvgIpc) is 3.04. The summed E-state index contributed by atoms with van der Waals surface area (Å²) in [6.07, 6.45) is 1.52. The van der Waals surface area contributed by atoms with Crippen molar-refractivity contribution in [3.8, 4) is 5.69 Å². The summed E-state index contributed by atoms with van der Waals surface area (Å²) in [7, 11) is 0. The first-order valence-corrected chi connectivity index (χ1v) is 12.1. The molecule has 1 aliphatic rings. The number of halogens is 1. The molecule has 0 saturated carbocycles. The maximum atomic E-state index is 13.3. The minimum absolute atomic E-state index is 0.0718. The van der Waals surface area contributed by atoms with Gasteiger partial charge in [-0.25, -0.2) is 19.0 Å². The van der Waals surface area contributed by atoms with Gasteiger partial charge in [0.2, 0.25) is 0 Å². The van der Waals surface area contributed by atoms with Crippen molar-refractivity contribution in [1.29, 1.82) is 0 Å². The smallest absolute Gasteiger partial charge is 0.253 e. The number of aromatic nitrogens is 4. The van der Waals surface area contributed by atoms with Gasteiger partial charge >= 0.3 is 0 Å². The molecule has 1 amide bonds. The minimum atomic E-state index is -0.343. The number of fused-ring (bicyclic) bond motifs is 1. The quantitative estimate of drug-likeness (QED) is 0.438. The molecular weight excluding hydrogens is 443 g/mol. The van der Waals surface area contributed by atoms with Crippen molar-refractivity contribution in [1.82, 2.24) is 24.6 Å². The molecule has 4 aromatic rings. The molecule has 7 nitrogen and oxygen atoms in total. The number of benzene rings is 2. The Bertz CT molecular complexity index is 1380. The van der Waals surface area contributed by atoms with E-state index < -0.39 is 0 Å². The number of rotatable bonds is 4. The van der Waals surface area contributed by atoms with Crippen LogP contribution in [0.3, 0.4) is 0 Å². The van der Waals surface area contributed by atoms with Gasteiger partial charge in [0.15, 0.2) is 5.65 Å². The predicted molar refractivity (Wildman–Crippen MR) is 135 cm³/mol. The third-order valence-corrected chi connectivity index (χ3v) is 6.56. The SMILES string of the molecule is CCc1nc(N2CCCN(C(=O)c3ccc(F)cc3)CC2)c2c(C)nn(-c3ccccc3C)c2n1.